The fraction of sp³-hybridized carbons (Fsp3) is 0.571. The van der Waals surface area contributed by atoms with Crippen molar-refractivity contribution in [3.05, 3.63) is 17.2 Å². The summed E-state index contributed by atoms with van der Waals surface area (Å²) >= 11 is 3.51. The van der Waals surface area contributed by atoms with E-state index in [0.29, 0.717) is 17.2 Å². The largest absolute Gasteiger partial charge is 0.493 e. The van der Waals surface area contributed by atoms with Crippen molar-refractivity contribution in [3.63, 3.8) is 0 Å². The Morgan fingerprint density at radius 3 is 2.53 bits per heavy atom. The monoisotopic (exact) mass is 330 g/mol. The molecule has 0 amide bonds. The average Bonchev–Trinajstić information content (AvgIpc) is 2.66. The minimum atomic E-state index is -0.0211. The lowest BCUT2D eigenvalue weighted by molar-refractivity contribution is 0.0720. The van der Waals surface area contributed by atoms with E-state index < -0.39 is 0 Å². The molecule has 19 heavy (non-hydrogen) atoms. The molecule has 0 bridgehead atoms. The third-order valence-electron chi connectivity index (χ3n) is 3.33. The van der Waals surface area contributed by atoms with E-state index in [2.05, 4.69) is 15.9 Å². The molecule has 0 N–H and O–H groups in total. The first-order valence-corrected chi connectivity index (χ1v) is 7.38. The number of methoxy groups -OCH3 is 3. The van der Waals surface area contributed by atoms with Crippen LogP contribution in [0.3, 0.4) is 0 Å². The van der Waals surface area contributed by atoms with Gasteiger partial charge in [0.2, 0.25) is 5.75 Å². The highest BCUT2D eigenvalue weighted by atomic mass is 79.9. The van der Waals surface area contributed by atoms with Crippen LogP contribution in [-0.2, 0) is 11.2 Å². The number of halogens is 1. The lowest BCUT2D eigenvalue weighted by Gasteiger charge is -2.22. The molecule has 0 aromatic heterocycles. The number of benzene rings is 1. The Morgan fingerprint density at radius 2 is 1.95 bits per heavy atom. The number of ether oxygens (including phenoxy) is 4. The lowest BCUT2D eigenvalue weighted by atomic mass is 9.98. The zero-order valence-electron chi connectivity index (χ0n) is 11.5. The molecule has 0 saturated heterocycles. The molecule has 5 heteroatoms. The molecule has 0 spiro atoms. The summed E-state index contributed by atoms with van der Waals surface area (Å²) < 4.78 is 22.3. The highest BCUT2D eigenvalue weighted by Crippen LogP contribution is 2.46. The van der Waals surface area contributed by atoms with E-state index in [1.165, 1.54) is 5.56 Å². The van der Waals surface area contributed by atoms with Gasteiger partial charge in [-0.3, -0.25) is 0 Å². The van der Waals surface area contributed by atoms with E-state index in [9.17, 15) is 0 Å². The van der Waals surface area contributed by atoms with Crippen molar-refractivity contribution in [2.24, 2.45) is 0 Å². The average molecular weight is 331 g/mol. The molecule has 1 aliphatic heterocycles. The normalized spacial score (nSPS) is 18.4. The molecule has 1 aromatic rings. The molecule has 1 unspecified atom stereocenters. The van der Waals surface area contributed by atoms with E-state index in [1.54, 1.807) is 21.3 Å². The number of hydrogen-bond acceptors (Lipinski definition) is 4. The minimum Gasteiger partial charge on any atom is -0.493 e. The molecule has 0 fully saturated rings. The van der Waals surface area contributed by atoms with Gasteiger partial charge in [-0.2, -0.15) is 0 Å². The predicted octanol–water partition coefficient (Wildman–Crippen LogP) is 3.11. The maximum atomic E-state index is 5.87. The summed E-state index contributed by atoms with van der Waals surface area (Å²) in [5.41, 5.74) is 2.27. The van der Waals surface area contributed by atoms with Crippen LogP contribution in [0, 0.1) is 0 Å². The third kappa shape index (κ3) is 2.67. The Balaban J connectivity index is 2.65. The number of aryl methyl sites for hydroxylation is 1. The Kier molecular flexibility index (Phi) is 4.93. The first-order valence-electron chi connectivity index (χ1n) is 6.26. The first-order chi connectivity index (χ1) is 9.26. The van der Waals surface area contributed by atoms with E-state index in [1.807, 2.05) is 6.07 Å². The molecule has 1 atom stereocenters. The van der Waals surface area contributed by atoms with Gasteiger partial charge in [0.25, 0.3) is 0 Å². The molecule has 1 aliphatic rings. The summed E-state index contributed by atoms with van der Waals surface area (Å²) in [6.45, 7) is 0.749. The molecular weight excluding hydrogens is 312 g/mol. The van der Waals surface area contributed by atoms with Gasteiger partial charge in [0.15, 0.2) is 11.5 Å². The second-order valence-corrected chi connectivity index (χ2v) is 4.98. The van der Waals surface area contributed by atoms with Crippen molar-refractivity contribution in [1.29, 1.82) is 0 Å². The molecule has 4 nitrogen and oxygen atoms in total. The number of hydrogen-bond donors (Lipinski definition) is 0. The Labute approximate surface area is 122 Å². The van der Waals surface area contributed by atoms with Gasteiger partial charge in [0.1, 0.15) is 0 Å². The van der Waals surface area contributed by atoms with Crippen molar-refractivity contribution in [1.82, 2.24) is 0 Å². The van der Waals surface area contributed by atoms with Gasteiger partial charge in [0, 0.05) is 17.5 Å². The van der Waals surface area contributed by atoms with Crippen molar-refractivity contribution >= 4 is 15.9 Å². The van der Waals surface area contributed by atoms with E-state index in [-0.39, 0.29) is 6.10 Å². The molecule has 2 rings (SSSR count). The van der Waals surface area contributed by atoms with E-state index in [4.69, 9.17) is 18.9 Å². The Bertz CT molecular complexity index is 448. The first kappa shape index (κ1) is 14.5. The van der Waals surface area contributed by atoms with Gasteiger partial charge in [-0.25, -0.2) is 0 Å². The molecule has 1 heterocycles. The third-order valence-corrected chi connectivity index (χ3v) is 3.91. The molecule has 106 valence electrons. The highest BCUT2D eigenvalue weighted by Gasteiger charge is 2.28. The maximum Gasteiger partial charge on any atom is 0.203 e. The summed E-state index contributed by atoms with van der Waals surface area (Å²) in [7, 11) is 4.90. The van der Waals surface area contributed by atoms with Gasteiger partial charge in [-0.15, -0.1) is 0 Å². The Morgan fingerprint density at radius 1 is 1.21 bits per heavy atom. The number of fused-ring (bicyclic) bond motifs is 1. The lowest BCUT2D eigenvalue weighted by Crippen LogP contribution is -2.09. The van der Waals surface area contributed by atoms with Crippen molar-refractivity contribution in [2.45, 2.75) is 18.9 Å². The second kappa shape index (κ2) is 6.48. The highest BCUT2D eigenvalue weighted by molar-refractivity contribution is 9.09. The van der Waals surface area contributed by atoms with Gasteiger partial charge >= 0.3 is 0 Å². The van der Waals surface area contributed by atoms with Crippen LogP contribution in [0.4, 0.5) is 0 Å². The van der Waals surface area contributed by atoms with Crippen LogP contribution >= 0.6 is 15.9 Å². The number of rotatable bonds is 4. The summed E-state index contributed by atoms with van der Waals surface area (Å²) in [4.78, 5) is 0. The van der Waals surface area contributed by atoms with Crippen LogP contribution in [0.5, 0.6) is 17.2 Å². The summed E-state index contributed by atoms with van der Waals surface area (Å²) in [6, 6.07) is 2.03. The molecule has 0 saturated carbocycles. The van der Waals surface area contributed by atoms with Crippen LogP contribution < -0.4 is 14.2 Å². The van der Waals surface area contributed by atoms with Crippen LogP contribution in [0.2, 0.25) is 0 Å². The maximum absolute atomic E-state index is 5.87. The van der Waals surface area contributed by atoms with Crippen LogP contribution in [0.1, 0.15) is 23.7 Å². The second-order valence-electron chi connectivity index (χ2n) is 4.34. The fourth-order valence-corrected chi connectivity index (χ4v) is 2.99. The molecule has 0 radical (unpaired) electrons. The van der Waals surface area contributed by atoms with Crippen LogP contribution in [-0.4, -0.2) is 33.3 Å². The number of alkyl halides is 1. The van der Waals surface area contributed by atoms with Crippen LogP contribution in [0.15, 0.2) is 6.07 Å². The summed E-state index contributed by atoms with van der Waals surface area (Å²) in [6.07, 6.45) is 1.93. The summed E-state index contributed by atoms with van der Waals surface area (Å²) in [5.74, 6) is 2.04. The van der Waals surface area contributed by atoms with Crippen molar-refractivity contribution < 1.29 is 18.9 Å². The van der Waals surface area contributed by atoms with E-state index >= 15 is 0 Å². The fourth-order valence-electron chi connectivity index (χ4n) is 2.48. The van der Waals surface area contributed by atoms with Gasteiger partial charge in [0.05, 0.1) is 27.4 Å². The molecule has 1 aromatic carbocycles. The van der Waals surface area contributed by atoms with Crippen LogP contribution in [0.25, 0.3) is 0 Å². The summed E-state index contributed by atoms with van der Waals surface area (Å²) in [5, 5.41) is 0.728. The van der Waals surface area contributed by atoms with Crippen molar-refractivity contribution in [2.75, 3.05) is 33.3 Å². The quantitative estimate of drug-likeness (QED) is 0.795. The van der Waals surface area contributed by atoms with Gasteiger partial charge in [-0.1, -0.05) is 15.9 Å². The van der Waals surface area contributed by atoms with Crippen molar-refractivity contribution in [3.8, 4) is 17.2 Å². The SMILES string of the molecule is COc1cc2c(c(OC)c1OC)C(CBr)OCCC2. The minimum absolute atomic E-state index is 0.0211. The molecule has 0 aliphatic carbocycles. The van der Waals surface area contributed by atoms with Gasteiger partial charge < -0.3 is 18.9 Å². The zero-order chi connectivity index (χ0) is 13.8. The predicted molar refractivity (Wildman–Crippen MR) is 76.9 cm³/mol. The molecular formula is C14H19BrO4. The Hall–Kier alpha value is -0.940. The topological polar surface area (TPSA) is 36.9 Å². The zero-order valence-corrected chi connectivity index (χ0v) is 13.1. The standard InChI is InChI=1S/C14H19BrO4/c1-16-10-7-9-5-4-6-19-11(8-15)12(9)14(18-3)13(10)17-2/h7,11H,4-6,8H2,1-3H3. The van der Waals surface area contributed by atoms with E-state index in [0.717, 1.165) is 30.3 Å². The van der Waals surface area contributed by atoms with Gasteiger partial charge in [-0.05, 0) is 24.5 Å². The smallest absolute Gasteiger partial charge is 0.203 e.